The molecule has 1 heterocycles. The zero-order chi connectivity index (χ0) is 8.27. The maximum Gasteiger partial charge on any atom is 0.00926 e. The van der Waals surface area contributed by atoms with Crippen molar-refractivity contribution in [3.8, 4) is 0 Å². The Morgan fingerprint density at radius 1 is 1.36 bits per heavy atom. The molecule has 0 aliphatic carbocycles. The summed E-state index contributed by atoms with van der Waals surface area (Å²) in [7, 11) is 0. The zero-order valence-corrected chi connectivity index (χ0v) is 8.06. The molecule has 0 aromatic carbocycles. The monoisotopic (exact) mass is 155 g/mol. The van der Waals surface area contributed by atoms with E-state index < -0.39 is 0 Å². The van der Waals surface area contributed by atoms with Crippen molar-refractivity contribution in [3.63, 3.8) is 0 Å². The standard InChI is InChI=1S/C10H21N/c1-4-9-6-5-7-10(11-9)8(2)3/h8-11H,4-7H2,1-3H3. The molecule has 0 bridgehead atoms. The summed E-state index contributed by atoms with van der Waals surface area (Å²) in [5, 5.41) is 3.70. The van der Waals surface area contributed by atoms with E-state index in [1.807, 2.05) is 0 Å². The Labute approximate surface area is 70.6 Å². The Balaban J connectivity index is 2.33. The maximum atomic E-state index is 3.70. The van der Waals surface area contributed by atoms with Crippen molar-refractivity contribution in [1.29, 1.82) is 0 Å². The van der Waals surface area contributed by atoms with Crippen LogP contribution in [0.1, 0.15) is 46.5 Å². The SMILES string of the molecule is CCC1CCCC(C(C)C)N1. The molecule has 1 rings (SSSR count). The molecule has 66 valence electrons. The van der Waals surface area contributed by atoms with Gasteiger partial charge >= 0.3 is 0 Å². The normalized spacial score (nSPS) is 32.7. The molecule has 1 nitrogen and oxygen atoms in total. The second-order valence-corrected chi connectivity index (χ2v) is 4.05. The van der Waals surface area contributed by atoms with Gasteiger partial charge in [0.15, 0.2) is 0 Å². The predicted molar refractivity (Wildman–Crippen MR) is 49.7 cm³/mol. The third-order valence-corrected chi connectivity index (χ3v) is 2.82. The molecule has 0 aromatic heterocycles. The second-order valence-electron chi connectivity index (χ2n) is 4.05. The molecule has 1 N–H and O–H groups in total. The van der Waals surface area contributed by atoms with Gasteiger partial charge in [-0.2, -0.15) is 0 Å². The third kappa shape index (κ3) is 2.48. The molecular weight excluding hydrogens is 134 g/mol. The topological polar surface area (TPSA) is 12.0 Å². The first-order valence-electron chi connectivity index (χ1n) is 5.00. The third-order valence-electron chi connectivity index (χ3n) is 2.82. The molecular formula is C10H21N. The Hall–Kier alpha value is -0.0400. The molecule has 1 saturated heterocycles. The Kier molecular flexibility index (Phi) is 3.38. The summed E-state index contributed by atoms with van der Waals surface area (Å²) in [6.45, 7) is 6.91. The largest absolute Gasteiger partial charge is 0.311 e. The molecule has 1 fully saturated rings. The average molecular weight is 155 g/mol. The van der Waals surface area contributed by atoms with Crippen LogP contribution in [0.4, 0.5) is 0 Å². The lowest BCUT2D eigenvalue weighted by molar-refractivity contribution is 0.264. The van der Waals surface area contributed by atoms with Crippen LogP contribution in [0.5, 0.6) is 0 Å². The highest BCUT2D eigenvalue weighted by Gasteiger charge is 2.21. The lowest BCUT2D eigenvalue weighted by Gasteiger charge is -2.32. The van der Waals surface area contributed by atoms with E-state index in [1.54, 1.807) is 0 Å². The van der Waals surface area contributed by atoms with Crippen molar-refractivity contribution in [2.24, 2.45) is 5.92 Å². The van der Waals surface area contributed by atoms with E-state index in [9.17, 15) is 0 Å². The molecule has 0 aromatic rings. The van der Waals surface area contributed by atoms with Crippen molar-refractivity contribution in [2.75, 3.05) is 0 Å². The fourth-order valence-electron chi connectivity index (χ4n) is 1.90. The Morgan fingerprint density at radius 2 is 2.09 bits per heavy atom. The van der Waals surface area contributed by atoms with Gasteiger partial charge in [-0.3, -0.25) is 0 Å². The molecule has 0 radical (unpaired) electrons. The number of hydrogen-bond acceptors (Lipinski definition) is 1. The Morgan fingerprint density at radius 3 is 2.64 bits per heavy atom. The molecule has 1 aliphatic heterocycles. The summed E-state index contributed by atoms with van der Waals surface area (Å²) in [4.78, 5) is 0. The minimum atomic E-state index is 0.786. The van der Waals surface area contributed by atoms with Gasteiger partial charge in [0.05, 0.1) is 0 Å². The first-order chi connectivity index (χ1) is 5.24. The first-order valence-corrected chi connectivity index (χ1v) is 5.00. The van der Waals surface area contributed by atoms with Gasteiger partial charge in [0.25, 0.3) is 0 Å². The van der Waals surface area contributed by atoms with Crippen molar-refractivity contribution in [3.05, 3.63) is 0 Å². The predicted octanol–water partition coefficient (Wildman–Crippen LogP) is 2.56. The fraction of sp³-hybridized carbons (Fsp3) is 1.00. The van der Waals surface area contributed by atoms with Gasteiger partial charge in [-0.25, -0.2) is 0 Å². The van der Waals surface area contributed by atoms with Gasteiger partial charge in [-0.05, 0) is 25.2 Å². The van der Waals surface area contributed by atoms with Crippen molar-refractivity contribution < 1.29 is 0 Å². The van der Waals surface area contributed by atoms with E-state index in [4.69, 9.17) is 0 Å². The van der Waals surface area contributed by atoms with Crippen LogP contribution >= 0.6 is 0 Å². The second kappa shape index (κ2) is 4.10. The molecule has 0 spiro atoms. The highest BCUT2D eigenvalue weighted by atomic mass is 15.0. The minimum Gasteiger partial charge on any atom is -0.311 e. The van der Waals surface area contributed by atoms with Crippen LogP contribution in [0.2, 0.25) is 0 Å². The molecule has 2 unspecified atom stereocenters. The van der Waals surface area contributed by atoms with E-state index in [1.165, 1.54) is 25.7 Å². The van der Waals surface area contributed by atoms with E-state index in [-0.39, 0.29) is 0 Å². The quantitative estimate of drug-likeness (QED) is 0.646. The molecule has 1 aliphatic rings. The van der Waals surface area contributed by atoms with Crippen LogP contribution in [-0.4, -0.2) is 12.1 Å². The average Bonchev–Trinajstić information content (AvgIpc) is 2.05. The summed E-state index contributed by atoms with van der Waals surface area (Å²) in [6, 6.07) is 1.59. The number of hydrogen-bond donors (Lipinski definition) is 1. The lowest BCUT2D eigenvalue weighted by atomic mass is 9.91. The van der Waals surface area contributed by atoms with Crippen LogP contribution in [0.3, 0.4) is 0 Å². The summed E-state index contributed by atoms with van der Waals surface area (Å²) < 4.78 is 0. The maximum absolute atomic E-state index is 3.70. The van der Waals surface area contributed by atoms with E-state index in [0.29, 0.717) is 0 Å². The highest BCUT2D eigenvalue weighted by Crippen LogP contribution is 2.19. The van der Waals surface area contributed by atoms with Crippen LogP contribution in [0.15, 0.2) is 0 Å². The van der Waals surface area contributed by atoms with Gasteiger partial charge in [0.2, 0.25) is 0 Å². The Bertz CT molecular complexity index is 109. The van der Waals surface area contributed by atoms with Crippen LogP contribution in [0, 0.1) is 5.92 Å². The van der Waals surface area contributed by atoms with Crippen LogP contribution < -0.4 is 5.32 Å². The van der Waals surface area contributed by atoms with Crippen LogP contribution in [0.25, 0.3) is 0 Å². The minimum absolute atomic E-state index is 0.786. The van der Waals surface area contributed by atoms with Crippen molar-refractivity contribution in [2.45, 2.75) is 58.5 Å². The molecule has 11 heavy (non-hydrogen) atoms. The van der Waals surface area contributed by atoms with Crippen molar-refractivity contribution in [1.82, 2.24) is 5.32 Å². The number of rotatable bonds is 2. The van der Waals surface area contributed by atoms with Gasteiger partial charge < -0.3 is 5.32 Å². The number of piperidine rings is 1. The zero-order valence-electron chi connectivity index (χ0n) is 8.06. The van der Waals surface area contributed by atoms with Crippen LogP contribution in [-0.2, 0) is 0 Å². The van der Waals surface area contributed by atoms with Gasteiger partial charge in [-0.1, -0.05) is 27.2 Å². The summed E-state index contributed by atoms with van der Waals surface area (Å²) in [6.07, 6.45) is 5.49. The van der Waals surface area contributed by atoms with Gasteiger partial charge in [0.1, 0.15) is 0 Å². The molecule has 2 atom stereocenters. The van der Waals surface area contributed by atoms with Gasteiger partial charge in [-0.15, -0.1) is 0 Å². The summed E-state index contributed by atoms with van der Waals surface area (Å²) >= 11 is 0. The highest BCUT2D eigenvalue weighted by molar-refractivity contribution is 4.81. The molecule has 1 heteroatoms. The lowest BCUT2D eigenvalue weighted by Crippen LogP contribution is -2.44. The van der Waals surface area contributed by atoms with E-state index >= 15 is 0 Å². The number of nitrogens with one attached hydrogen (secondary N) is 1. The molecule has 0 saturated carbocycles. The van der Waals surface area contributed by atoms with E-state index in [2.05, 4.69) is 26.1 Å². The fourth-order valence-corrected chi connectivity index (χ4v) is 1.90. The first kappa shape index (κ1) is 9.05. The van der Waals surface area contributed by atoms with E-state index in [0.717, 1.165) is 18.0 Å². The molecule has 0 amide bonds. The van der Waals surface area contributed by atoms with Gasteiger partial charge in [0, 0.05) is 12.1 Å². The summed E-state index contributed by atoms with van der Waals surface area (Å²) in [5.41, 5.74) is 0. The van der Waals surface area contributed by atoms with Crippen molar-refractivity contribution >= 4 is 0 Å². The smallest absolute Gasteiger partial charge is 0.00926 e. The summed E-state index contributed by atoms with van der Waals surface area (Å²) in [5.74, 6) is 0.810.